The minimum atomic E-state index is 0.851. The molecule has 0 bridgehead atoms. The Morgan fingerprint density at radius 2 is 2.27 bits per heavy atom. The average Bonchev–Trinajstić information content (AvgIpc) is 2.59. The van der Waals surface area contributed by atoms with Crippen molar-refractivity contribution < 1.29 is 0 Å². The van der Waals surface area contributed by atoms with E-state index in [1.54, 1.807) is 6.33 Å². The van der Waals surface area contributed by atoms with Gasteiger partial charge in [0.1, 0.15) is 12.2 Å². The molecule has 1 aromatic rings. The summed E-state index contributed by atoms with van der Waals surface area (Å²) >= 11 is 0. The van der Waals surface area contributed by atoms with Gasteiger partial charge in [-0.25, -0.2) is 4.98 Å². The Bertz CT molecular complexity index is 271. The topological polar surface area (TPSA) is 46.0 Å². The zero-order chi connectivity index (χ0) is 11.1. The minimum Gasteiger partial charge on any atom is -0.315 e. The van der Waals surface area contributed by atoms with Crippen molar-refractivity contribution in [2.24, 2.45) is 7.05 Å². The van der Waals surface area contributed by atoms with E-state index in [2.05, 4.69) is 34.3 Å². The summed E-state index contributed by atoms with van der Waals surface area (Å²) in [6.45, 7) is 6.19. The van der Waals surface area contributed by atoms with Crippen molar-refractivity contribution in [1.82, 2.24) is 25.0 Å². The van der Waals surface area contributed by atoms with Crippen LogP contribution in [0.4, 0.5) is 0 Å². The van der Waals surface area contributed by atoms with E-state index in [1.807, 2.05) is 11.7 Å². The van der Waals surface area contributed by atoms with E-state index in [-0.39, 0.29) is 0 Å². The lowest BCUT2D eigenvalue weighted by Gasteiger charge is -2.15. The molecule has 15 heavy (non-hydrogen) atoms. The first kappa shape index (κ1) is 12.1. The van der Waals surface area contributed by atoms with Crippen molar-refractivity contribution in [3.63, 3.8) is 0 Å². The van der Waals surface area contributed by atoms with Crippen LogP contribution in [0.1, 0.15) is 19.2 Å². The molecular weight excluding hydrogens is 190 g/mol. The summed E-state index contributed by atoms with van der Waals surface area (Å²) < 4.78 is 1.82. The van der Waals surface area contributed by atoms with Crippen molar-refractivity contribution >= 4 is 0 Å². The minimum absolute atomic E-state index is 0.851. The van der Waals surface area contributed by atoms with E-state index in [1.165, 1.54) is 6.42 Å². The van der Waals surface area contributed by atoms with Gasteiger partial charge in [-0.1, -0.05) is 6.92 Å². The Kier molecular flexibility index (Phi) is 5.28. The molecule has 5 nitrogen and oxygen atoms in total. The lowest BCUT2D eigenvalue weighted by molar-refractivity contribution is 0.311. The fraction of sp³-hybridized carbons (Fsp3) is 0.800. The van der Waals surface area contributed by atoms with E-state index >= 15 is 0 Å². The van der Waals surface area contributed by atoms with Crippen LogP contribution in [0.3, 0.4) is 0 Å². The molecule has 0 amide bonds. The maximum atomic E-state index is 4.19. The summed E-state index contributed by atoms with van der Waals surface area (Å²) in [5.74, 6) is 1.01. The molecule has 1 rings (SSSR count). The third-order valence-electron chi connectivity index (χ3n) is 2.31. The number of rotatable bonds is 7. The van der Waals surface area contributed by atoms with Crippen LogP contribution in [0.2, 0.25) is 0 Å². The van der Waals surface area contributed by atoms with E-state index in [0.29, 0.717) is 0 Å². The maximum absolute atomic E-state index is 4.19. The number of aryl methyl sites for hydroxylation is 1. The highest BCUT2D eigenvalue weighted by Crippen LogP contribution is 1.95. The number of aromatic nitrogens is 3. The van der Waals surface area contributed by atoms with Gasteiger partial charge in [0.15, 0.2) is 0 Å². The largest absolute Gasteiger partial charge is 0.315 e. The number of nitrogens with zero attached hydrogens (tertiary/aromatic N) is 4. The summed E-state index contributed by atoms with van der Waals surface area (Å²) in [6, 6.07) is 0. The molecule has 0 fully saturated rings. The standard InChI is InChI=1S/C10H21N5/c1-4-5-11-6-7-14(2)8-10-12-9-13-15(10)3/h9,11H,4-8H2,1-3H3. The molecule has 0 aliphatic carbocycles. The molecule has 0 aromatic carbocycles. The second kappa shape index (κ2) is 6.53. The highest BCUT2D eigenvalue weighted by Gasteiger charge is 2.04. The number of hydrogen-bond acceptors (Lipinski definition) is 4. The second-order valence-electron chi connectivity index (χ2n) is 3.79. The van der Waals surface area contributed by atoms with Gasteiger partial charge >= 0.3 is 0 Å². The fourth-order valence-electron chi connectivity index (χ4n) is 1.36. The van der Waals surface area contributed by atoms with Crippen LogP contribution in [-0.4, -0.2) is 46.3 Å². The molecule has 5 heteroatoms. The molecule has 0 spiro atoms. The first-order chi connectivity index (χ1) is 7.24. The van der Waals surface area contributed by atoms with E-state index in [9.17, 15) is 0 Å². The van der Waals surface area contributed by atoms with Gasteiger partial charge in [0.25, 0.3) is 0 Å². The van der Waals surface area contributed by atoms with Crippen molar-refractivity contribution in [1.29, 1.82) is 0 Å². The maximum Gasteiger partial charge on any atom is 0.140 e. The van der Waals surface area contributed by atoms with Gasteiger partial charge in [-0.15, -0.1) is 0 Å². The van der Waals surface area contributed by atoms with Crippen LogP contribution in [0.25, 0.3) is 0 Å². The highest BCUT2D eigenvalue weighted by atomic mass is 15.3. The van der Waals surface area contributed by atoms with Crippen LogP contribution < -0.4 is 5.32 Å². The number of hydrogen-bond donors (Lipinski definition) is 1. The average molecular weight is 211 g/mol. The number of likely N-dealkylation sites (N-methyl/N-ethyl adjacent to an activating group) is 1. The van der Waals surface area contributed by atoms with Crippen LogP contribution in [0.15, 0.2) is 6.33 Å². The SMILES string of the molecule is CCCNCCN(C)Cc1ncnn1C. The zero-order valence-electron chi connectivity index (χ0n) is 9.90. The Labute approximate surface area is 91.5 Å². The molecule has 0 atom stereocenters. The Balaban J connectivity index is 2.18. The van der Waals surface area contributed by atoms with Gasteiger partial charge in [0.05, 0.1) is 6.54 Å². The van der Waals surface area contributed by atoms with Crippen LogP contribution in [0, 0.1) is 0 Å². The van der Waals surface area contributed by atoms with E-state index in [0.717, 1.165) is 32.0 Å². The smallest absolute Gasteiger partial charge is 0.140 e. The molecular formula is C10H21N5. The quantitative estimate of drug-likeness (QED) is 0.657. The van der Waals surface area contributed by atoms with Gasteiger partial charge in [-0.05, 0) is 20.0 Å². The molecule has 1 N–H and O–H groups in total. The van der Waals surface area contributed by atoms with Gasteiger partial charge in [-0.3, -0.25) is 9.58 Å². The zero-order valence-corrected chi connectivity index (χ0v) is 9.90. The summed E-state index contributed by atoms with van der Waals surface area (Å²) in [5.41, 5.74) is 0. The van der Waals surface area contributed by atoms with E-state index < -0.39 is 0 Å². The number of nitrogens with one attached hydrogen (secondary N) is 1. The molecule has 0 aliphatic heterocycles. The molecule has 0 aliphatic rings. The second-order valence-corrected chi connectivity index (χ2v) is 3.79. The summed E-state index contributed by atoms with van der Waals surface area (Å²) in [5, 5.41) is 7.42. The molecule has 0 saturated carbocycles. The third kappa shape index (κ3) is 4.40. The Morgan fingerprint density at radius 3 is 2.87 bits per heavy atom. The molecule has 1 heterocycles. The van der Waals surface area contributed by atoms with Gasteiger partial charge in [-0.2, -0.15) is 5.10 Å². The molecule has 1 aromatic heterocycles. The highest BCUT2D eigenvalue weighted by molar-refractivity contribution is 4.82. The van der Waals surface area contributed by atoms with Crippen molar-refractivity contribution in [3.8, 4) is 0 Å². The van der Waals surface area contributed by atoms with Crippen molar-refractivity contribution in [2.75, 3.05) is 26.7 Å². The predicted molar refractivity (Wildman–Crippen MR) is 60.5 cm³/mol. The van der Waals surface area contributed by atoms with Gasteiger partial charge in [0.2, 0.25) is 0 Å². The van der Waals surface area contributed by atoms with Crippen LogP contribution in [-0.2, 0) is 13.6 Å². The molecule has 86 valence electrons. The van der Waals surface area contributed by atoms with Gasteiger partial charge in [0, 0.05) is 20.1 Å². The third-order valence-corrected chi connectivity index (χ3v) is 2.31. The van der Waals surface area contributed by atoms with Crippen molar-refractivity contribution in [3.05, 3.63) is 12.2 Å². The lowest BCUT2D eigenvalue weighted by Crippen LogP contribution is -2.30. The van der Waals surface area contributed by atoms with Crippen LogP contribution >= 0.6 is 0 Å². The molecule has 0 unspecified atom stereocenters. The Morgan fingerprint density at radius 1 is 1.47 bits per heavy atom. The first-order valence-electron chi connectivity index (χ1n) is 5.46. The van der Waals surface area contributed by atoms with Gasteiger partial charge < -0.3 is 5.32 Å². The van der Waals surface area contributed by atoms with E-state index in [4.69, 9.17) is 0 Å². The molecule has 0 radical (unpaired) electrons. The fourth-order valence-corrected chi connectivity index (χ4v) is 1.36. The molecule has 0 saturated heterocycles. The first-order valence-corrected chi connectivity index (χ1v) is 5.46. The van der Waals surface area contributed by atoms with Crippen LogP contribution in [0.5, 0.6) is 0 Å². The summed E-state index contributed by atoms with van der Waals surface area (Å²) in [6.07, 6.45) is 2.78. The summed E-state index contributed by atoms with van der Waals surface area (Å²) in [4.78, 5) is 6.43. The lowest BCUT2D eigenvalue weighted by atomic mass is 10.4. The normalized spacial score (nSPS) is 11.2. The monoisotopic (exact) mass is 211 g/mol. The van der Waals surface area contributed by atoms with Crippen molar-refractivity contribution in [2.45, 2.75) is 19.9 Å². The Hall–Kier alpha value is -0.940. The predicted octanol–water partition coefficient (Wildman–Crippen LogP) is 0.246. The summed E-state index contributed by atoms with van der Waals surface area (Å²) in [7, 11) is 4.02.